The molecule has 0 saturated carbocycles. The van der Waals surface area contributed by atoms with Gasteiger partial charge in [0.25, 0.3) is 0 Å². The fourth-order valence-corrected chi connectivity index (χ4v) is 3.19. The van der Waals surface area contributed by atoms with E-state index in [-0.39, 0.29) is 0 Å². The number of hydrogen-bond acceptors (Lipinski definition) is 4. The second-order valence-electron chi connectivity index (χ2n) is 7.17. The predicted octanol–water partition coefficient (Wildman–Crippen LogP) is 5.35. The van der Waals surface area contributed by atoms with Gasteiger partial charge in [0.15, 0.2) is 6.10 Å². The summed E-state index contributed by atoms with van der Waals surface area (Å²) in [4.78, 5) is 18.8. The molecule has 3 rings (SSSR count). The topological polar surface area (TPSA) is 38.8 Å². The first-order valence-corrected chi connectivity index (χ1v) is 10.6. The van der Waals surface area contributed by atoms with E-state index in [0.29, 0.717) is 19.7 Å². The van der Waals surface area contributed by atoms with Crippen LogP contribution < -0.4 is 0 Å². The Kier molecular flexibility index (Phi) is 9.05. The van der Waals surface area contributed by atoms with Crippen molar-refractivity contribution in [2.45, 2.75) is 32.5 Å². The summed E-state index contributed by atoms with van der Waals surface area (Å²) >= 11 is 0. The second-order valence-corrected chi connectivity index (χ2v) is 7.17. The molecule has 3 aromatic rings. The van der Waals surface area contributed by atoms with Crippen LogP contribution in [0.2, 0.25) is 0 Å². The van der Waals surface area contributed by atoms with Crippen molar-refractivity contribution in [2.24, 2.45) is 0 Å². The molecule has 0 saturated heterocycles. The van der Waals surface area contributed by atoms with E-state index in [2.05, 4.69) is 12.1 Å². The predicted molar refractivity (Wildman–Crippen MR) is 123 cm³/mol. The third-order valence-corrected chi connectivity index (χ3v) is 4.69. The average molecular weight is 416 g/mol. The van der Waals surface area contributed by atoms with E-state index >= 15 is 0 Å². The van der Waals surface area contributed by atoms with Crippen LogP contribution in [-0.2, 0) is 33.9 Å². The van der Waals surface area contributed by atoms with Gasteiger partial charge in [0.05, 0.1) is 6.61 Å². The Bertz CT molecular complexity index is 885. The normalized spacial score (nSPS) is 12.2. The molecule has 3 aromatic carbocycles. The molecule has 0 bridgehead atoms. The fraction of sp³-hybridized carbons (Fsp3) is 0.222. The van der Waals surface area contributed by atoms with Gasteiger partial charge in [-0.15, -0.1) is 0 Å². The Labute approximate surface area is 184 Å². The summed E-state index contributed by atoms with van der Waals surface area (Å²) in [6.07, 6.45) is 3.65. The van der Waals surface area contributed by atoms with Crippen molar-refractivity contribution in [3.05, 3.63) is 120 Å². The van der Waals surface area contributed by atoms with Crippen molar-refractivity contribution >= 4 is 5.97 Å². The van der Waals surface area contributed by atoms with E-state index in [1.807, 2.05) is 90.0 Å². The maximum Gasteiger partial charge on any atom is 0.341 e. The molecule has 4 nitrogen and oxygen atoms in total. The lowest BCUT2D eigenvalue weighted by Crippen LogP contribution is -2.34. The number of allylic oxidation sites excluding steroid dienone is 1. The van der Waals surface area contributed by atoms with Crippen LogP contribution in [0.3, 0.4) is 0 Å². The molecule has 0 aliphatic heterocycles. The van der Waals surface area contributed by atoms with E-state index in [1.54, 1.807) is 13.0 Å². The molecule has 160 valence electrons. The van der Waals surface area contributed by atoms with E-state index in [0.717, 1.165) is 17.5 Å². The van der Waals surface area contributed by atoms with Crippen LogP contribution in [-0.4, -0.2) is 23.7 Å². The quantitative estimate of drug-likeness (QED) is 0.240. The molecule has 0 fully saturated rings. The van der Waals surface area contributed by atoms with Crippen LogP contribution in [0.4, 0.5) is 0 Å². The highest BCUT2D eigenvalue weighted by Crippen LogP contribution is 2.14. The molecular weight excluding hydrogens is 386 g/mol. The zero-order chi connectivity index (χ0) is 21.7. The molecule has 1 atom stereocenters. The smallest absolute Gasteiger partial charge is 0.341 e. The van der Waals surface area contributed by atoms with Gasteiger partial charge in [-0.25, -0.2) is 4.79 Å². The Morgan fingerprint density at radius 2 is 1.29 bits per heavy atom. The second kappa shape index (κ2) is 12.5. The average Bonchev–Trinajstić information content (AvgIpc) is 2.80. The molecule has 4 heteroatoms. The van der Waals surface area contributed by atoms with Gasteiger partial charge >= 0.3 is 5.97 Å². The van der Waals surface area contributed by atoms with Crippen molar-refractivity contribution in [1.29, 1.82) is 0 Å². The van der Waals surface area contributed by atoms with Gasteiger partial charge in [-0.05, 0) is 36.1 Å². The van der Waals surface area contributed by atoms with Gasteiger partial charge in [-0.1, -0.05) is 97.1 Å². The highest BCUT2D eigenvalue weighted by molar-refractivity contribution is 5.76. The van der Waals surface area contributed by atoms with Gasteiger partial charge in [-0.3, -0.25) is 4.84 Å². The number of ether oxygens (including phenoxy) is 1. The highest BCUT2D eigenvalue weighted by Gasteiger charge is 2.22. The van der Waals surface area contributed by atoms with Gasteiger partial charge in [-0.2, -0.15) is 5.06 Å². The minimum absolute atomic E-state index is 0.308. The molecule has 0 aromatic heterocycles. The van der Waals surface area contributed by atoms with Crippen LogP contribution in [0.15, 0.2) is 103 Å². The molecule has 0 aliphatic carbocycles. The van der Waals surface area contributed by atoms with Crippen LogP contribution in [0, 0.1) is 0 Å². The summed E-state index contributed by atoms with van der Waals surface area (Å²) in [5.41, 5.74) is 3.38. The lowest BCUT2D eigenvalue weighted by atomic mass is 10.1. The highest BCUT2D eigenvalue weighted by atomic mass is 16.7. The van der Waals surface area contributed by atoms with E-state index in [9.17, 15) is 4.79 Å². The molecular formula is C27H29NO3. The number of benzene rings is 3. The fourth-order valence-electron chi connectivity index (χ4n) is 3.19. The lowest BCUT2D eigenvalue weighted by molar-refractivity contribution is -0.212. The Balaban J connectivity index is 1.75. The molecule has 0 radical (unpaired) electrons. The molecule has 0 heterocycles. The number of carbonyl (C=O) groups excluding carboxylic acids is 1. The van der Waals surface area contributed by atoms with Crippen molar-refractivity contribution in [1.82, 2.24) is 5.06 Å². The molecule has 0 aliphatic rings. The molecule has 0 amide bonds. The summed E-state index contributed by atoms with van der Waals surface area (Å²) in [6.45, 7) is 3.22. The maximum absolute atomic E-state index is 12.6. The number of carbonyl (C=O) groups is 1. The third-order valence-electron chi connectivity index (χ3n) is 4.69. The summed E-state index contributed by atoms with van der Waals surface area (Å²) in [6, 6.07) is 30.3. The molecule has 31 heavy (non-hydrogen) atoms. The van der Waals surface area contributed by atoms with Gasteiger partial charge in [0, 0.05) is 13.1 Å². The van der Waals surface area contributed by atoms with Crippen molar-refractivity contribution < 1.29 is 14.4 Å². The van der Waals surface area contributed by atoms with Gasteiger partial charge in [0.2, 0.25) is 0 Å². The Hall–Kier alpha value is -3.21. The largest absolute Gasteiger partial charge is 0.464 e. The Morgan fingerprint density at radius 1 is 0.806 bits per heavy atom. The van der Waals surface area contributed by atoms with Crippen molar-refractivity contribution in [3.63, 3.8) is 0 Å². The van der Waals surface area contributed by atoms with Crippen LogP contribution in [0.25, 0.3) is 0 Å². The first kappa shape index (κ1) is 22.5. The van der Waals surface area contributed by atoms with E-state index < -0.39 is 12.1 Å². The van der Waals surface area contributed by atoms with E-state index in [4.69, 9.17) is 9.57 Å². The summed E-state index contributed by atoms with van der Waals surface area (Å²) < 4.78 is 5.27. The van der Waals surface area contributed by atoms with Crippen molar-refractivity contribution in [3.8, 4) is 0 Å². The number of hydroxylamine groups is 2. The lowest BCUT2D eigenvalue weighted by Gasteiger charge is -2.25. The zero-order valence-electron chi connectivity index (χ0n) is 17.9. The number of esters is 1. The van der Waals surface area contributed by atoms with Crippen LogP contribution in [0.5, 0.6) is 0 Å². The van der Waals surface area contributed by atoms with Crippen LogP contribution >= 0.6 is 0 Å². The first-order valence-electron chi connectivity index (χ1n) is 10.6. The summed E-state index contributed by atoms with van der Waals surface area (Å²) in [7, 11) is 0. The Morgan fingerprint density at radius 3 is 1.77 bits per heavy atom. The molecule has 0 spiro atoms. The number of rotatable bonds is 11. The van der Waals surface area contributed by atoms with Gasteiger partial charge < -0.3 is 4.74 Å². The number of hydrogen-bond donors (Lipinski definition) is 0. The van der Waals surface area contributed by atoms with Crippen LogP contribution in [0.1, 0.15) is 23.6 Å². The standard InChI is InChI=1S/C27H29NO3/c1-2-30-27(29)26(20-12-19-23-13-6-3-7-14-23)31-28(21-24-15-8-4-9-16-24)22-25-17-10-5-11-18-25/h3-18,20,26H,2,19,21-22H2,1H3/b20-12+/t26-/m0/s1. The third kappa shape index (κ3) is 7.85. The molecule has 0 unspecified atom stereocenters. The van der Waals surface area contributed by atoms with Gasteiger partial charge in [0.1, 0.15) is 0 Å². The van der Waals surface area contributed by atoms with E-state index in [1.165, 1.54) is 5.56 Å². The summed E-state index contributed by atoms with van der Waals surface area (Å²) in [5, 5.41) is 1.82. The first-order chi connectivity index (χ1) is 15.2. The van der Waals surface area contributed by atoms with Crippen molar-refractivity contribution in [2.75, 3.05) is 6.61 Å². The monoisotopic (exact) mass is 415 g/mol. The SMILES string of the molecule is CCOC(=O)[C@H](/C=C/Cc1ccccc1)ON(Cc1ccccc1)Cc1ccccc1. The minimum atomic E-state index is -0.809. The molecule has 0 N–H and O–H groups in total. The zero-order valence-corrected chi connectivity index (χ0v) is 17.9. The number of nitrogens with zero attached hydrogens (tertiary/aromatic N) is 1. The summed E-state index contributed by atoms with van der Waals surface area (Å²) in [5.74, 6) is -0.391. The maximum atomic E-state index is 12.6. The minimum Gasteiger partial charge on any atom is -0.464 e.